The molecule has 2 aromatic rings. The molecule has 0 aromatic heterocycles. The second-order valence-corrected chi connectivity index (χ2v) is 9.38. The maximum Gasteiger partial charge on any atom is 0.316 e. The number of nitrogens with one attached hydrogen (secondary N) is 1. The average Bonchev–Trinajstić information content (AvgIpc) is 2.67. The molecule has 0 atom stereocenters. The van der Waals surface area contributed by atoms with Crippen molar-refractivity contribution in [1.82, 2.24) is 9.62 Å². The first-order chi connectivity index (χ1) is 13.4. The van der Waals surface area contributed by atoms with Crippen molar-refractivity contribution >= 4 is 31.6 Å². The van der Waals surface area contributed by atoms with Crippen LogP contribution in [0.15, 0.2) is 51.8 Å². The zero-order valence-corrected chi connectivity index (χ0v) is 17.7. The molecule has 1 aliphatic rings. The molecule has 0 saturated carbocycles. The van der Waals surface area contributed by atoms with Crippen LogP contribution in [0.4, 0.5) is 5.69 Å². The van der Waals surface area contributed by atoms with Crippen molar-refractivity contribution in [2.45, 2.75) is 30.7 Å². The zero-order valence-electron chi connectivity index (χ0n) is 15.3. The first kappa shape index (κ1) is 20.9. The number of sulfonamides is 1. The van der Waals surface area contributed by atoms with E-state index >= 15 is 0 Å². The Kier molecular flexibility index (Phi) is 6.82. The van der Waals surface area contributed by atoms with Crippen molar-refractivity contribution in [3.05, 3.63) is 63.0 Å². The van der Waals surface area contributed by atoms with Gasteiger partial charge in [-0.1, -0.05) is 18.2 Å². The third kappa shape index (κ3) is 5.16. The number of unbranched alkanes of at least 4 members (excludes halogenated alkanes) is 1. The molecule has 0 radical (unpaired) electrons. The van der Waals surface area contributed by atoms with E-state index in [4.69, 9.17) is 5.21 Å². The van der Waals surface area contributed by atoms with E-state index < -0.39 is 10.0 Å². The number of hydrogen-bond donors (Lipinski definition) is 2. The summed E-state index contributed by atoms with van der Waals surface area (Å²) in [6, 6.07) is 12.0. The van der Waals surface area contributed by atoms with Crippen molar-refractivity contribution in [1.29, 1.82) is 0 Å². The summed E-state index contributed by atoms with van der Waals surface area (Å²) in [5, 5.41) is 9.06. The van der Waals surface area contributed by atoms with E-state index in [0.29, 0.717) is 11.0 Å². The summed E-state index contributed by atoms with van der Waals surface area (Å²) in [5.74, 6) is 0. The third-order valence-corrected chi connectivity index (χ3v) is 7.29. The summed E-state index contributed by atoms with van der Waals surface area (Å²) in [6.45, 7) is 2.88. The lowest BCUT2D eigenvalue weighted by atomic mass is 9.99. The molecule has 9 heteroatoms. The molecule has 3 rings (SSSR count). The predicted molar refractivity (Wildman–Crippen MR) is 109 cm³/mol. The first-order valence-corrected chi connectivity index (χ1v) is 11.4. The minimum absolute atomic E-state index is 0.115. The standard InChI is InChI=1S/C19H23BrN3O4S/c20-18-5-1-2-6-19(18)28(26,27)21-10-3-4-11-22-12-9-15-7-8-17(23(24)25)13-16(15)14-22/h1-2,5-8,13,21H,3-4,9-12,14H2,(H,24,25)/q+1. The molecule has 7 nitrogen and oxygen atoms in total. The number of hydrogen-bond acceptors (Lipinski definition) is 4. The molecule has 150 valence electrons. The van der Waals surface area contributed by atoms with Crippen LogP contribution in [0.3, 0.4) is 0 Å². The molecule has 0 bridgehead atoms. The molecule has 0 aliphatic carbocycles. The zero-order chi connectivity index (χ0) is 20.1. The van der Waals surface area contributed by atoms with E-state index in [1.807, 2.05) is 6.07 Å². The lowest BCUT2D eigenvalue weighted by Crippen LogP contribution is -2.32. The molecule has 1 aliphatic heterocycles. The van der Waals surface area contributed by atoms with Gasteiger partial charge in [-0.3, -0.25) is 4.90 Å². The van der Waals surface area contributed by atoms with Crippen LogP contribution in [0.1, 0.15) is 24.0 Å². The summed E-state index contributed by atoms with van der Waals surface area (Å²) in [6.07, 6.45) is 2.49. The maximum atomic E-state index is 12.3. The van der Waals surface area contributed by atoms with E-state index in [-0.39, 0.29) is 15.5 Å². The monoisotopic (exact) mass is 468 g/mol. The van der Waals surface area contributed by atoms with E-state index in [0.717, 1.165) is 44.5 Å². The van der Waals surface area contributed by atoms with Gasteiger partial charge in [0, 0.05) is 36.2 Å². The van der Waals surface area contributed by atoms with Crippen LogP contribution >= 0.6 is 15.9 Å². The van der Waals surface area contributed by atoms with Gasteiger partial charge >= 0.3 is 5.69 Å². The fourth-order valence-corrected chi connectivity index (χ4v) is 5.39. The lowest BCUT2D eigenvalue weighted by Gasteiger charge is -2.28. The summed E-state index contributed by atoms with van der Waals surface area (Å²) >= 11 is 3.27. The number of fused-ring (bicyclic) bond motifs is 1. The first-order valence-electron chi connectivity index (χ1n) is 9.11. The molecular formula is C19H23BrN3O4S+. The van der Waals surface area contributed by atoms with Crippen molar-refractivity contribution in [2.24, 2.45) is 0 Å². The number of benzene rings is 2. The molecule has 0 saturated heterocycles. The molecule has 28 heavy (non-hydrogen) atoms. The Morgan fingerprint density at radius 2 is 1.93 bits per heavy atom. The Labute approximate surface area is 173 Å². The van der Waals surface area contributed by atoms with Gasteiger partial charge in [0.05, 0.1) is 9.80 Å². The van der Waals surface area contributed by atoms with Crippen LogP contribution in [0, 0.1) is 4.91 Å². The predicted octanol–water partition coefficient (Wildman–Crippen LogP) is 3.37. The second-order valence-electron chi connectivity index (χ2n) is 6.79. The smallest absolute Gasteiger partial charge is 0.299 e. The highest BCUT2D eigenvalue weighted by Crippen LogP contribution is 2.24. The molecular weight excluding hydrogens is 446 g/mol. The summed E-state index contributed by atoms with van der Waals surface area (Å²) in [4.78, 5) is 13.5. The van der Waals surface area contributed by atoms with Crippen LogP contribution in [-0.4, -0.2) is 43.1 Å². The maximum absolute atomic E-state index is 12.3. The highest BCUT2D eigenvalue weighted by molar-refractivity contribution is 9.10. The van der Waals surface area contributed by atoms with Crippen molar-refractivity contribution in [3.8, 4) is 0 Å². The lowest BCUT2D eigenvalue weighted by molar-refractivity contribution is -0.729. The Morgan fingerprint density at radius 3 is 2.68 bits per heavy atom. The number of rotatable bonds is 8. The molecule has 1 heterocycles. The Hall–Kier alpha value is -1.81. The molecule has 0 spiro atoms. The Bertz CT molecular complexity index is 965. The van der Waals surface area contributed by atoms with Crippen LogP contribution in [0.25, 0.3) is 0 Å². The van der Waals surface area contributed by atoms with Crippen molar-refractivity contribution < 1.29 is 18.5 Å². The molecule has 2 aromatic carbocycles. The van der Waals surface area contributed by atoms with Gasteiger partial charge in [-0.2, -0.15) is 0 Å². The second kappa shape index (κ2) is 9.13. The van der Waals surface area contributed by atoms with Crippen LogP contribution in [-0.2, 0) is 23.0 Å². The number of nitrogens with zero attached hydrogens (tertiary/aromatic N) is 2. The molecule has 0 unspecified atom stereocenters. The third-order valence-electron chi connectivity index (χ3n) is 4.82. The van der Waals surface area contributed by atoms with Gasteiger partial charge in [0.2, 0.25) is 10.0 Å². The van der Waals surface area contributed by atoms with Crippen molar-refractivity contribution in [2.75, 3.05) is 19.6 Å². The molecule has 0 amide bonds. The summed E-state index contributed by atoms with van der Waals surface area (Å²) in [7, 11) is -3.52. The fraction of sp³-hybridized carbons (Fsp3) is 0.368. The van der Waals surface area contributed by atoms with E-state index in [2.05, 4.69) is 25.6 Å². The quantitative estimate of drug-likeness (QED) is 0.457. The normalized spacial score (nSPS) is 14.6. The van der Waals surface area contributed by atoms with Gasteiger partial charge in [-0.25, -0.2) is 18.3 Å². The summed E-state index contributed by atoms with van der Waals surface area (Å²) < 4.78 is 27.9. The SMILES string of the molecule is O=[N+](O)c1ccc2c(c1)CN(CCCCNS(=O)(=O)c1ccccc1Br)CC2. The van der Waals surface area contributed by atoms with E-state index in [1.54, 1.807) is 36.4 Å². The van der Waals surface area contributed by atoms with Gasteiger partial charge in [0.1, 0.15) is 0 Å². The van der Waals surface area contributed by atoms with Gasteiger partial charge in [0.15, 0.2) is 0 Å². The number of halogens is 1. The van der Waals surface area contributed by atoms with Crippen molar-refractivity contribution in [3.63, 3.8) is 0 Å². The fourth-order valence-electron chi connectivity index (χ4n) is 3.32. The molecule has 2 N–H and O–H groups in total. The van der Waals surface area contributed by atoms with Gasteiger partial charge in [-0.05, 0) is 65.0 Å². The highest BCUT2D eigenvalue weighted by Gasteiger charge is 2.21. The van der Waals surface area contributed by atoms with Gasteiger partial charge in [-0.15, -0.1) is 0 Å². The Morgan fingerprint density at radius 1 is 1.14 bits per heavy atom. The van der Waals surface area contributed by atoms with Crippen LogP contribution in [0.2, 0.25) is 0 Å². The minimum Gasteiger partial charge on any atom is -0.299 e. The topological polar surface area (TPSA) is 89.7 Å². The van der Waals surface area contributed by atoms with Crippen LogP contribution < -0.4 is 4.72 Å². The summed E-state index contributed by atoms with van der Waals surface area (Å²) in [5.41, 5.74) is 2.48. The van der Waals surface area contributed by atoms with Crippen LogP contribution in [0.5, 0.6) is 0 Å². The Balaban J connectivity index is 1.46. The van der Waals surface area contributed by atoms with E-state index in [1.165, 1.54) is 5.56 Å². The van der Waals surface area contributed by atoms with E-state index in [9.17, 15) is 13.3 Å². The largest absolute Gasteiger partial charge is 0.316 e. The minimum atomic E-state index is -3.52. The van der Waals surface area contributed by atoms with Gasteiger partial charge < -0.3 is 0 Å². The highest BCUT2D eigenvalue weighted by atomic mass is 79.9. The average molecular weight is 469 g/mol. The molecule has 0 fully saturated rings. The van der Waals surface area contributed by atoms with Gasteiger partial charge in [0.25, 0.3) is 4.92 Å².